The summed E-state index contributed by atoms with van der Waals surface area (Å²) in [6, 6.07) is 8.61. The van der Waals surface area contributed by atoms with Crippen LogP contribution in [-0.2, 0) is 15.0 Å². The standard InChI is InChI=1S/C11H14N2O3S/c1-13(10-5-3-2-4-6-10)17(15,16)12-11(14)9-7-8-9/h2-6,9H,7-8H2,1H3,(H,12,14). The summed E-state index contributed by atoms with van der Waals surface area (Å²) in [5.74, 6) is -0.540. The summed E-state index contributed by atoms with van der Waals surface area (Å²) in [5.41, 5.74) is 0.517. The second kappa shape index (κ2) is 4.37. The van der Waals surface area contributed by atoms with Gasteiger partial charge in [-0.05, 0) is 25.0 Å². The summed E-state index contributed by atoms with van der Waals surface area (Å²) in [6.45, 7) is 0. The maximum Gasteiger partial charge on any atom is 0.325 e. The van der Waals surface area contributed by atoms with E-state index in [1.165, 1.54) is 7.05 Å². The van der Waals surface area contributed by atoms with Gasteiger partial charge in [0.2, 0.25) is 5.91 Å². The van der Waals surface area contributed by atoms with Crippen LogP contribution in [0.1, 0.15) is 12.8 Å². The molecule has 0 spiro atoms. The first-order valence-corrected chi connectivity index (χ1v) is 6.80. The topological polar surface area (TPSA) is 66.5 Å². The molecule has 17 heavy (non-hydrogen) atoms. The second-order valence-electron chi connectivity index (χ2n) is 4.05. The average molecular weight is 254 g/mol. The molecule has 1 aromatic carbocycles. The van der Waals surface area contributed by atoms with E-state index in [9.17, 15) is 13.2 Å². The molecular formula is C11H14N2O3S. The van der Waals surface area contributed by atoms with Gasteiger partial charge >= 0.3 is 10.2 Å². The Morgan fingerprint density at radius 2 is 1.88 bits per heavy atom. The Labute approximate surface area is 101 Å². The maximum atomic E-state index is 11.9. The first-order valence-electron chi connectivity index (χ1n) is 5.36. The SMILES string of the molecule is CN(c1ccccc1)S(=O)(=O)NC(=O)C1CC1. The van der Waals surface area contributed by atoms with Gasteiger partial charge in [0.05, 0.1) is 5.69 Å². The van der Waals surface area contributed by atoms with Gasteiger partial charge in [0.1, 0.15) is 0 Å². The number of nitrogens with one attached hydrogen (secondary N) is 1. The maximum absolute atomic E-state index is 11.9. The van der Waals surface area contributed by atoms with Crippen molar-refractivity contribution in [3.8, 4) is 0 Å². The van der Waals surface area contributed by atoms with Crippen molar-refractivity contribution in [2.45, 2.75) is 12.8 Å². The monoisotopic (exact) mass is 254 g/mol. The van der Waals surface area contributed by atoms with Gasteiger partial charge < -0.3 is 0 Å². The third kappa shape index (κ3) is 2.76. The van der Waals surface area contributed by atoms with Crippen LogP contribution >= 0.6 is 0 Å². The van der Waals surface area contributed by atoms with Crippen molar-refractivity contribution in [3.05, 3.63) is 30.3 Å². The third-order valence-corrected chi connectivity index (χ3v) is 4.05. The van der Waals surface area contributed by atoms with Gasteiger partial charge in [-0.1, -0.05) is 18.2 Å². The van der Waals surface area contributed by atoms with Gasteiger partial charge in [-0.25, -0.2) is 4.72 Å². The largest absolute Gasteiger partial charge is 0.325 e. The number of para-hydroxylation sites is 1. The molecule has 1 aliphatic carbocycles. The first-order chi connectivity index (χ1) is 8.00. The number of hydrogen-bond acceptors (Lipinski definition) is 3. The molecule has 1 fully saturated rings. The fraction of sp³-hybridized carbons (Fsp3) is 0.364. The smallest absolute Gasteiger partial charge is 0.274 e. The highest BCUT2D eigenvalue weighted by molar-refractivity contribution is 7.91. The zero-order valence-electron chi connectivity index (χ0n) is 9.46. The lowest BCUT2D eigenvalue weighted by atomic mass is 10.3. The summed E-state index contributed by atoms with van der Waals surface area (Å²) in [7, 11) is -2.37. The van der Waals surface area contributed by atoms with Crippen LogP contribution in [0.15, 0.2) is 30.3 Å². The average Bonchev–Trinajstić information content (AvgIpc) is 3.12. The molecule has 1 aliphatic rings. The van der Waals surface area contributed by atoms with Gasteiger partial charge in [-0.3, -0.25) is 9.10 Å². The summed E-state index contributed by atoms with van der Waals surface area (Å²) in [6.07, 6.45) is 1.55. The van der Waals surface area contributed by atoms with Crippen molar-refractivity contribution in [2.75, 3.05) is 11.4 Å². The summed E-state index contributed by atoms with van der Waals surface area (Å²) in [5, 5.41) is 0. The number of rotatable bonds is 4. The van der Waals surface area contributed by atoms with E-state index < -0.39 is 16.1 Å². The summed E-state index contributed by atoms with van der Waals surface area (Å²) < 4.78 is 26.9. The number of carbonyl (C=O) groups is 1. The predicted molar refractivity (Wildman–Crippen MR) is 64.6 cm³/mol. The molecule has 6 heteroatoms. The normalized spacial score (nSPS) is 15.4. The molecule has 92 valence electrons. The van der Waals surface area contributed by atoms with Gasteiger partial charge in [-0.2, -0.15) is 8.42 Å². The molecule has 5 nitrogen and oxygen atoms in total. The van der Waals surface area contributed by atoms with Crippen LogP contribution < -0.4 is 9.03 Å². The van der Waals surface area contributed by atoms with E-state index in [1.54, 1.807) is 30.3 Å². The van der Waals surface area contributed by atoms with Crippen molar-refractivity contribution < 1.29 is 13.2 Å². The van der Waals surface area contributed by atoms with E-state index in [2.05, 4.69) is 4.72 Å². The molecule has 2 rings (SSSR count). The zero-order valence-corrected chi connectivity index (χ0v) is 10.3. The Balaban J connectivity index is 2.12. The minimum absolute atomic E-state index is 0.131. The number of benzene rings is 1. The molecular weight excluding hydrogens is 240 g/mol. The van der Waals surface area contributed by atoms with Crippen LogP contribution in [0, 0.1) is 5.92 Å². The Morgan fingerprint density at radius 3 is 2.41 bits per heavy atom. The third-order valence-electron chi connectivity index (χ3n) is 2.66. The van der Waals surface area contributed by atoms with Crippen LogP contribution in [0.3, 0.4) is 0 Å². The predicted octanol–water partition coefficient (Wildman–Crippen LogP) is 0.894. The molecule has 1 N–H and O–H groups in total. The van der Waals surface area contributed by atoms with E-state index in [-0.39, 0.29) is 5.92 Å². The summed E-state index contributed by atoms with van der Waals surface area (Å²) in [4.78, 5) is 11.4. The Hall–Kier alpha value is -1.56. The van der Waals surface area contributed by atoms with Crippen molar-refractivity contribution in [1.29, 1.82) is 0 Å². The highest BCUT2D eigenvalue weighted by Crippen LogP contribution is 2.29. The van der Waals surface area contributed by atoms with Crippen LogP contribution in [0.2, 0.25) is 0 Å². The fourth-order valence-electron chi connectivity index (χ4n) is 1.40. The Bertz CT molecular complexity index is 509. The van der Waals surface area contributed by atoms with E-state index in [4.69, 9.17) is 0 Å². The molecule has 0 unspecified atom stereocenters. The lowest BCUT2D eigenvalue weighted by molar-refractivity contribution is -0.120. The van der Waals surface area contributed by atoms with Crippen LogP contribution in [0.25, 0.3) is 0 Å². The highest BCUT2D eigenvalue weighted by Gasteiger charge is 2.33. The number of carbonyl (C=O) groups excluding carboxylic acids is 1. The molecule has 1 saturated carbocycles. The van der Waals surface area contributed by atoms with Crippen molar-refractivity contribution in [1.82, 2.24) is 4.72 Å². The lowest BCUT2D eigenvalue weighted by Crippen LogP contribution is -2.42. The van der Waals surface area contributed by atoms with E-state index >= 15 is 0 Å². The highest BCUT2D eigenvalue weighted by atomic mass is 32.2. The number of hydrogen-bond donors (Lipinski definition) is 1. The van der Waals surface area contributed by atoms with Crippen molar-refractivity contribution in [3.63, 3.8) is 0 Å². The van der Waals surface area contributed by atoms with E-state index in [0.717, 1.165) is 17.1 Å². The molecule has 0 atom stereocenters. The fourth-order valence-corrected chi connectivity index (χ4v) is 2.36. The van der Waals surface area contributed by atoms with Gasteiger partial charge in [0.25, 0.3) is 0 Å². The first kappa shape index (κ1) is 11.9. The van der Waals surface area contributed by atoms with Crippen LogP contribution in [0.4, 0.5) is 5.69 Å². The van der Waals surface area contributed by atoms with E-state index in [0.29, 0.717) is 5.69 Å². The number of nitrogens with zero attached hydrogens (tertiary/aromatic N) is 1. The lowest BCUT2D eigenvalue weighted by Gasteiger charge is -2.19. The number of amides is 1. The van der Waals surface area contributed by atoms with E-state index in [1.807, 2.05) is 0 Å². The van der Waals surface area contributed by atoms with Gasteiger partial charge in [0.15, 0.2) is 0 Å². The molecule has 0 aliphatic heterocycles. The quantitative estimate of drug-likeness (QED) is 0.868. The molecule has 0 aromatic heterocycles. The van der Waals surface area contributed by atoms with Crippen molar-refractivity contribution in [2.24, 2.45) is 5.92 Å². The molecule has 0 radical (unpaired) electrons. The summed E-state index contributed by atoms with van der Waals surface area (Å²) >= 11 is 0. The molecule has 1 amide bonds. The van der Waals surface area contributed by atoms with Gasteiger partial charge in [-0.15, -0.1) is 0 Å². The number of anilines is 1. The zero-order chi connectivity index (χ0) is 12.5. The minimum Gasteiger partial charge on any atom is -0.274 e. The van der Waals surface area contributed by atoms with Crippen LogP contribution in [0.5, 0.6) is 0 Å². The molecule has 0 bridgehead atoms. The Kier molecular flexibility index (Phi) is 3.06. The Morgan fingerprint density at radius 1 is 1.29 bits per heavy atom. The minimum atomic E-state index is -3.78. The molecule has 0 saturated heterocycles. The molecule has 0 heterocycles. The second-order valence-corrected chi connectivity index (χ2v) is 5.75. The molecule has 1 aromatic rings. The van der Waals surface area contributed by atoms with Crippen molar-refractivity contribution >= 4 is 21.8 Å². The van der Waals surface area contributed by atoms with Crippen LogP contribution in [-0.4, -0.2) is 21.4 Å². The van der Waals surface area contributed by atoms with Gasteiger partial charge in [0, 0.05) is 13.0 Å².